The zero-order valence-electron chi connectivity index (χ0n) is 27.8. The molecule has 242 valence electrons. The fraction of sp³-hybridized carbons (Fsp3) is 0. The fourth-order valence-corrected chi connectivity index (χ4v) is 8.51. The van der Waals surface area contributed by atoms with E-state index in [9.17, 15) is 0 Å². The Bertz CT molecular complexity index is 3400. The molecule has 6 nitrogen and oxygen atoms in total. The van der Waals surface area contributed by atoms with Crippen molar-refractivity contribution in [3.8, 4) is 22.5 Å². The number of fused-ring (bicyclic) bond motifs is 15. The summed E-state index contributed by atoms with van der Waals surface area (Å²) in [4.78, 5) is 10.4. The first-order chi connectivity index (χ1) is 25.8. The third-order valence-electron chi connectivity index (χ3n) is 10.7. The fourth-order valence-electron chi connectivity index (χ4n) is 8.51. The van der Waals surface area contributed by atoms with E-state index in [1.165, 1.54) is 27.4 Å². The number of imidazole rings is 2. The van der Waals surface area contributed by atoms with Crippen LogP contribution in [0.4, 0.5) is 0 Å². The summed E-state index contributed by atoms with van der Waals surface area (Å²) < 4.78 is 9.39. The molecule has 12 rings (SSSR count). The second-order valence-electron chi connectivity index (χ2n) is 13.5. The smallest absolute Gasteiger partial charge is 0.183 e. The van der Waals surface area contributed by atoms with Crippen molar-refractivity contribution in [2.45, 2.75) is 0 Å². The van der Waals surface area contributed by atoms with Gasteiger partial charge in [-0.05, 0) is 90.0 Å². The highest BCUT2D eigenvalue weighted by atomic mass is 15.2. The molecule has 0 bridgehead atoms. The highest BCUT2D eigenvalue weighted by Crippen LogP contribution is 2.40. The van der Waals surface area contributed by atoms with Crippen LogP contribution in [0.25, 0.3) is 99.7 Å². The molecule has 0 aliphatic rings. The summed E-state index contributed by atoms with van der Waals surface area (Å²) in [5, 5.41) is 3.63. The van der Waals surface area contributed by atoms with E-state index in [0.717, 1.165) is 72.4 Å². The molecule has 52 heavy (non-hydrogen) atoms. The number of para-hydroxylation sites is 7. The highest BCUT2D eigenvalue weighted by Gasteiger charge is 2.25. The molecule has 0 N–H and O–H groups in total. The summed E-state index contributed by atoms with van der Waals surface area (Å²) in [5.41, 5.74) is 15.9. The molecule has 5 heterocycles. The summed E-state index contributed by atoms with van der Waals surface area (Å²) in [7, 11) is 0. The predicted molar refractivity (Wildman–Crippen MR) is 213 cm³/mol. The van der Waals surface area contributed by atoms with Crippen molar-refractivity contribution < 1.29 is 0 Å². The number of nitrogens with zero attached hydrogens (tertiary/aromatic N) is 6. The van der Waals surface area contributed by atoms with E-state index in [1.807, 2.05) is 0 Å². The van der Waals surface area contributed by atoms with Crippen molar-refractivity contribution in [2.75, 3.05) is 0 Å². The Morgan fingerprint density at radius 3 is 1.50 bits per heavy atom. The van der Waals surface area contributed by atoms with Crippen LogP contribution in [0.1, 0.15) is 0 Å². The number of hydrogen-bond acceptors (Lipinski definition) is 2. The first-order valence-corrected chi connectivity index (χ1v) is 17.6. The molecule has 0 aliphatic heterocycles. The van der Waals surface area contributed by atoms with Gasteiger partial charge in [0.2, 0.25) is 0 Å². The van der Waals surface area contributed by atoms with Crippen LogP contribution in [0.3, 0.4) is 0 Å². The molecule has 0 saturated carbocycles. The van der Waals surface area contributed by atoms with Gasteiger partial charge in [-0.25, -0.2) is 9.97 Å². The van der Waals surface area contributed by atoms with Crippen molar-refractivity contribution in [1.82, 2.24) is 27.9 Å². The lowest BCUT2D eigenvalue weighted by Crippen LogP contribution is -2.02. The Labute approximate surface area is 296 Å². The van der Waals surface area contributed by atoms with Gasteiger partial charge in [0.25, 0.3) is 0 Å². The molecule has 0 atom stereocenters. The standard InChI is InChI=1S/C46H28N6/c1-3-13-31(14-4-1)49-38-20-10-7-17-33(38)34-27-29(23-25-39(34)49)30-24-26-40-35(28-30)43-46(50(40)32-15-5-2-6-16-32)52-42-22-12-9-19-37(42)48-45(52)44-47-36-18-8-11-21-41(36)51(43)44/h1-28H. The topological polar surface area (TPSA) is 44.5 Å². The second-order valence-corrected chi connectivity index (χ2v) is 13.5. The van der Waals surface area contributed by atoms with Gasteiger partial charge in [-0.1, -0.05) is 91.0 Å². The normalized spacial score (nSPS) is 12.2. The van der Waals surface area contributed by atoms with Gasteiger partial charge in [0.1, 0.15) is 5.65 Å². The average molecular weight is 665 g/mol. The molecule has 0 aliphatic carbocycles. The Morgan fingerprint density at radius 1 is 0.346 bits per heavy atom. The largest absolute Gasteiger partial charge is 0.309 e. The zero-order valence-corrected chi connectivity index (χ0v) is 27.8. The van der Waals surface area contributed by atoms with E-state index in [-0.39, 0.29) is 0 Å². The van der Waals surface area contributed by atoms with Crippen LogP contribution in [-0.4, -0.2) is 27.9 Å². The molecular weight excluding hydrogens is 637 g/mol. The van der Waals surface area contributed by atoms with Crippen LogP contribution in [0.2, 0.25) is 0 Å². The number of benzene rings is 7. The van der Waals surface area contributed by atoms with E-state index in [1.54, 1.807) is 0 Å². The van der Waals surface area contributed by atoms with Gasteiger partial charge in [-0.2, -0.15) is 0 Å². The van der Waals surface area contributed by atoms with E-state index < -0.39 is 0 Å². The van der Waals surface area contributed by atoms with E-state index in [2.05, 4.69) is 188 Å². The van der Waals surface area contributed by atoms with Crippen molar-refractivity contribution in [2.24, 2.45) is 0 Å². The predicted octanol–water partition coefficient (Wildman–Crippen LogP) is 11.1. The zero-order chi connectivity index (χ0) is 33.9. The van der Waals surface area contributed by atoms with Gasteiger partial charge in [-0.3, -0.25) is 13.4 Å². The molecule has 0 fully saturated rings. The Balaban J connectivity index is 1.23. The van der Waals surface area contributed by atoms with Gasteiger partial charge < -0.3 is 4.57 Å². The quantitative estimate of drug-likeness (QED) is 0.189. The van der Waals surface area contributed by atoms with Crippen molar-refractivity contribution >= 4 is 77.2 Å². The second kappa shape index (κ2) is 10.2. The van der Waals surface area contributed by atoms with Crippen LogP contribution < -0.4 is 0 Å². The summed E-state index contributed by atoms with van der Waals surface area (Å²) in [6.45, 7) is 0. The van der Waals surface area contributed by atoms with Crippen LogP contribution >= 0.6 is 0 Å². The maximum absolute atomic E-state index is 5.22. The Kier molecular flexibility index (Phi) is 5.41. The summed E-state index contributed by atoms with van der Waals surface area (Å²) in [6, 6.07) is 60.6. The maximum Gasteiger partial charge on any atom is 0.183 e. The molecule has 0 amide bonds. The highest BCUT2D eigenvalue weighted by molar-refractivity contribution is 6.14. The minimum absolute atomic E-state index is 0.838. The molecule has 0 saturated heterocycles. The summed E-state index contributed by atoms with van der Waals surface area (Å²) in [5.74, 6) is 0. The monoisotopic (exact) mass is 664 g/mol. The van der Waals surface area contributed by atoms with Crippen LogP contribution in [0.15, 0.2) is 170 Å². The molecule has 0 radical (unpaired) electrons. The minimum atomic E-state index is 0.838. The van der Waals surface area contributed by atoms with Crippen molar-refractivity contribution in [3.63, 3.8) is 0 Å². The molecule has 6 heteroatoms. The van der Waals surface area contributed by atoms with E-state index >= 15 is 0 Å². The Morgan fingerprint density at radius 2 is 0.827 bits per heavy atom. The minimum Gasteiger partial charge on any atom is -0.309 e. The number of aromatic nitrogens is 6. The van der Waals surface area contributed by atoms with Gasteiger partial charge in [-0.15, -0.1) is 0 Å². The van der Waals surface area contributed by atoms with Crippen molar-refractivity contribution in [1.29, 1.82) is 0 Å². The van der Waals surface area contributed by atoms with Gasteiger partial charge in [0.15, 0.2) is 11.3 Å². The first-order valence-electron chi connectivity index (χ1n) is 17.6. The lowest BCUT2D eigenvalue weighted by atomic mass is 10.0. The molecule has 7 aromatic carbocycles. The molecule has 0 spiro atoms. The molecule has 0 unspecified atom stereocenters. The third-order valence-corrected chi connectivity index (χ3v) is 10.7. The Hall–Kier alpha value is -7.18. The first kappa shape index (κ1) is 27.6. The average Bonchev–Trinajstić information content (AvgIpc) is 3.96. The summed E-state index contributed by atoms with van der Waals surface area (Å²) >= 11 is 0. The molecule has 12 aromatic rings. The van der Waals surface area contributed by atoms with Crippen molar-refractivity contribution in [3.05, 3.63) is 170 Å². The van der Waals surface area contributed by atoms with Gasteiger partial charge in [0, 0.05) is 27.5 Å². The molecular formula is C46H28N6. The van der Waals surface area contributed by atoms with Crippen LogP contribution in [-0.2, 0) is 0 Å². The van der Waals surface area contributed by atoms with E-state index in [0.29, 0.717) is 0 Å². The SMILES string of the molecule is c1ccc(-n2c3ccccc3c3cc(-c4ccc5c(c4)c4c(n5-c5ccccc5)n5c6ccccc6nc5c5nc6ccccc6n54)ccc32)cc1. The maximum atomic E-state index is 5.22. The third kappa shape index (κ3) is 3.62. The van der Waals surface area contributed by atoms with Crippen LogP contribution in [0, 0.1) is 0 Å². The number of rotatable bonds is 3. The molecule has 5 aromatic heterocycles. The lowest BCUT2D eigenvalue weighted by molar-refractivity contribution is 1.09. The summed E-state index contributed by atoms with van der Waals surface area (Å²) in [6.07, 6.45) is 0. The lowest BCUT2D eigenvalue weighted by Gasteiger charge is -2.10. The van der Waals surface area contributed by atoms with Crippen LogP contribution in [0.5, 0.6) is 0 Å². The van der Waals surface area contributed by atoms with E-state index in [4.69, 9.17) is 9.97 Å². The number of hydrogen-bond donors (Lipinski definition) is 0. The van der Waals surface area contributed by atoms with Gasteiger partial charge in [0.05, 0.1) is 44.1 Å². The van der Waals surface area contributed by atoms with Gasteiger partial charge >= 0.3 is 0 Å².